The molecular weight excluding hydrogens is 696 g/mol. The number of rotatable bonds is 15. The Kier molecular flexibility index (Phi) is 19.9. The number of anilines is 3. The van der Waals surface area contributed by atoms with Crippen molar-refractivity contribution in [2.75, 3.05) is 54.5 Å². The van der Waals surface area contributed by atoms with Crippen molar-refractivity contribution >= 4 is 34.1 Å². The predicted molar refractivity (Wildman–Crippen MR) is 137 cm³/mol. The van der Waals surface area contributed by atoms with E-state index in [1.165, 1.54) is 0 Å². The molecule has 270 valence electrons. The average Bonchev–Trinajstić information content (AvgIpc) is 2.90. The van der Waals surface area contributed by atoms with E-state index in [0.29, 0.717) is 0 Å². The highest BCUT2D eigenvalue weighted by Crippen LogP contribution is 2.56. The van der Waals surface area contributed by atoms with Gasteiger partial charge in [0.1, 0.15) is 19.6 Å². The molecule has 48 heavy (non-hydrogen) atoms. The van der Waals surface area contributed by atoms with Crippen molar-refractivity contribution in [3.05, 3.63) is 91.0 Å². The van der Waals surface area contributed by atoms with Gasteiger partial charge >= 0.3 is 17.1 Å². The monoisotopic (exact) mass is 714 g/mol. The second-order valence-corrected chi connectivity index (χ2v) is 6.83. The number of hydrazine groups is 3. The standard InChI is InChI=1S/C12H15N9O15.3HNO3/c22-4-1-13(19(31)32)7-10(16(25)26)8(14(2-5-23)20(33)34)12(18(29)30)9(11(7)17(27)28)15(3-6-24)21(35)36;3*2-1(3)4/h22-24H,1-6H2;3*(H,2,3,4). The smallest absolute Gasteiger partial charge is 0.342 e. The van der Waals surface area contributed by atoms with E-state index in [-0.39, 0.29) is 0 Å². The van der Waals surface area contributed by atoms with Gasteiger partial charge in [-0.15, -0.1) is 30.3 Å². The highest BCUT2D eigenvalue weighted by molar-refractivity contribution is 6.00. The summed E-state index contributed by atoms with van der Waals surface area (Å²) in [7, 11) is 0. The van der Waals surface area contributed by atoms with E-state index in [4.69, 9.17) is 61.3 Å². The summed E-state index contributed by atoms with van der Waals surface area (Å²) in [6, 6.07) is 0. The summed E-state index contributed by atoms with van der Waals surface area (Å²) in [5, 5.41) is 133. The Morgan fingerprint density at radius 2 is 0.542 bits per heavy atom. The van der Waals surface area contributed by atoms with Gasteiger partial charge in [-0.25, -0.2) is 30.3 Å². The van der Waals surface area contributed by atoms with E-state index in [2.05, 4.69) is 0 Å². The Labute approximate surface area is 256 Å². The van der Waals surface area contributed by atoms with Crippen LogP contribution in [0.4, 0.5) is 34.1 Å². The number of nitro benzene ring substituents is 3. The van der Waals surface area contributed by atoms with Crippen molar-refractivity contribution in [3.8, 4) is 0 Å². The highest BCUT2D eigenvalue weighted by atomic mass is 16.9. The third-order valence-electron chi connectivity index (χ3n) is 4.19. The molecule has 0 aromatic heterocycles. The van der Waals surface area contributed by atoms with E-state index >= 15 is 0 Å². The van der Waals surface area contributed by atoms with E-state index in [1.807, 2.05) is 0 Å². The van der Waals surface area contributed by atoms with Crippen molar-refractivity contribution in [3.63, 3.8) is 0 Å². The molecule has 0 spiro atoms. The lowest BCUT2D eigenvalue weighted by atomic mass is 10.1. The van der Waals surface area contributed by atoms with Crippen LogP contribution in [0.1, 0.15) is 0 Å². The summed E-state index contributed by atoms with van der Waals surface area (Å²) < 4.78 is 0. The first kappa shape index (κ1) is 44.9. The van der Waals surface area contributed by atoms with Gasteiger partial charge in [-0.2, -0.15) is 0 Å². The predicted octanol–water partition coefficient (Wildman–Crippen LogP) is -2.66. The molecule has 0 heterocycles. The molecule has 0 fully saturated rings. The first-order valence-corrected chi connectivity index (χ1v) is 10.7. The summed E-state index contributed by atoms with van der Waals surface area (Å²) in [4.78, 5) is 90.7. The molecule has 1 rings (SSSR count). The minimum Gasteiger partial charge on any atom is -0.394 e. The van der Waals surface area contributed by atoms with Gasteiger partial charge in [0, 0.05) is 0 Å². The van der Waals surface area contributed by atoms with Crippen LogP contribution < -0.4 is 15.0 Å². The van der Waals surface area contributed by atoms with Gasteiger partial charge < -0.3 is 30.9 Å². The second-order valence-electron chi connectivity index (χ2n) is 6.83. The summed E-state index contributed by atoms with van der Waals surface area (Å²) >= 11 is 0. The summed E-state index contributed by atoms with van der Waals surface area (Å²) in [5.74, 6) is 0. The van der Waals surface area contributed by atoms with Crippen molar-refractivity contribution in [2.45, 2.75) is 0 Å². The SMILES string of the molecule is O=[N+]([O-])O.O=[N+]([O-])O.O=[N+]([O-])O.O=[N+]([O-])c1c(N(CCO)[N+](=O)[O-])c([N+](=O)[O-])c(N(CCO)[N+](=O)[O-])c([N+](=O)[O-])c1N(CCO)[N+](=O)[O-]. The van der Waals surface area contributed by atoms with Crippen LogP contribution >= 0.6 is 0 Å². The molecule has 0 aliphatic rings. The first-order chi connectivity index (χ1) is 22.0. The Morgan fingerprint density at radius 1 is 0.396 bits per heavy atom. The number of hydrogen-bond donors (Lipinski definition) is 6. The number of aliphatic hydroxyl groups is 3. The van der Waals surface area contributed by atoms with E-state index in [0.717, 1.165) is 0 Å². The zero-order valence-corrected chi connectivity index (χ0v) is 22.6. The molecule has 0 unspecified atom stereocenters. The van der Waals surface area contributed by atoms with Crippen LogP contribution in [0.2, 0.25) is 0 Å². The zero-order chi connectivity index (χ0) is 38.6. The van der Waals surface area contributed by atoms with Crippen LogP contribution in [-0.2, 0) is 0 Å². The van der Waals surface area contributed by atoms with Crippen LogP contribution in [0, 0.1) is 91.0 Å². The summed E-state index contributed by atoms with van der Waals surface area (Å²) in [5.41, 5.74) is -11.3. The molecule has 0 radical (unpaired) electrons. The van der Waals surface area contributed by atoms with E-state index in [9.17, 15) is 60.7 Å². The van der Waals surface area contributed by atoms with Gasteiger partial charge in [-0.05, 0) is 0 Å². The molecule has 0 atom stereocenters. The third-order valence-corrected chi connectivity index (χ3v) is 4.19. The average molecular weight is 714 g/mol. The molecular formula is C12H18N12O24. The fourth-order valence-corrected chi connectivity index (χ4v) is 3.03. The third kappa shape index (κ3) is 14.3. The topological polar surface area (TPSA) is 519 Å². The Morgan fingerprint density at radius 3 is 0.625 bits per heavy atom. The number of aliphatic hydroxyl groups excluding tert-OH is 3. The van der Waals surface area contributed by atoms with Crippen molar-refractivity contribution in [1.29, 1.82) is 0 Å². The van der Waals surface area contributed by atoms with E-state index in [1.54, 1.807) is 0 Å². The molecule has 0 aliphatic heterocycles. The Balaban J connectivity index is -0.00000144. The molecule has 1 aromatic carbocycles. The zero-order valence-electron chi connectivity index (χ0n) is 22.6. The fraction of sp³-hybridized carbons (Fsp3) is 0.500. The molecule has 0 bridgehead atoms. The molecule has 6 N–H and O–H groups in total. The molecule has 0 aliphatic carbocycles. The fourth-order valence-electron chi connectivity index (χ4n) is 3.03. The normalized spacial score (nSPS) is 9.31. The number of nitro groups is 6. The quantitative estimate of drug-likeness (QED) is 0.0797. The Bertz CT molecular complexity index is 1190. The highest BCUT2D eigenvalue weighted by Gasteiger charge is 2.54. The van der Waals surface area contributed by atoms with Crippen molar-refractivity contribution < 1.29 is 76.1 Å². The van der Waals surface area contributed by atoms with Gasteiger partial charge in [0.25, 0.3) is 32.3 Å². The lowest BCUT2D eigenvalue weighted by Crippen LogP contribution is -2.39. The molecule has 0 saturated heterocycles. The minimum absolute atomic E-state index is 0.457. The summed E-state index contributed by atoms with van der Waals surface area (Å²) in [6.45, 7) is -7.40. The number of nitrogens with zero attached hydrogens (tertiary/aromatic N) is 12. The lowest BCUT2D eigenvalue weighted by molar-refractivity contribution is -0.742. The maximum atomic E-state index is 11.9. The largest absolute Gasteiger partial charge is 0.394 e. The van der Waals surface area contributed by atoms with Crippen molar-refractivity contribution in [1.82, 2.24) is 0 Å². The molecule has 1 aromatic rings. The van der Waals surface area contributed by atoms with Gasteiger partial charge in [-0.1, -0.05) is 15.0 Å². The van der Waals surface area contributed by atoms with Crippen molar-refractivity contribution in [2.24, 2.45) is 0 Å². The maximum absolute atomic E-state index is 11.9. The van der Waals surface area contributed by atoms with Crippen LogP contribution in [-0.4, -0.2) is 116 Å². The van der Waals surface area contributed by atoms with Crippen LogP contribution in [0.15, 0.2) is 0 Å². The molecule has 0 amide bonds. The molecule has 36 nitrogen and oxygen atoms in total. The van der Waals surface area contributed by atoms with E-state index < -0.39 is 134 Å². The van der Waals surface area contributed by atoms with Gasteiger partial charge in [-0.3, -0.25) is 30.3 Å². The first-order valence-electron chi connectivity index (χ1n) is 10.7. The van der Waals surface area contributed by atoms with Crippen LogP contribution in [0.25, 0.3) is 0 Å². The Hall–Kier alpha value is -7.50. The number of benzene rings is 1. The maximum Gasteiger partial charge on any atom is 0.342 e. The van der Waals surface area contributed by atoms with Crippen LogP contribution in [0.5, 0.6) is 0 Å². The summed E-state index contributed by atoms with van der Waals surface area (Å²) in [6.07, 6.45) is 0. The van der Waals surface area contributed by atoms with Gasteiger partial charge in [0.15, 0.2) is 15.1 Å². The van der Waals surface area contributed by atoms with Gasteiger partial charge in [0.2, 0.25) is 0 Å². The minimum atomic E-state index is -1.97. The molecule has 36 heteroatoms. The second kappa shape index (κ2) is 21.2. The molecule has 0 saturated carbocycles. The number of hydrogen-bond acceptors (Lipinski definition) is 21. The lowest BCUT2D eigenvalue weighted by Gasteiger charge is -2.21. The van der Waals surface area contributed by atoms with Crippen LogP contribution in [0.3, 0.4) is 0 Å². The van der Waals surface area contributed by atoms with Gasteiger partial charge in [0.05, 0.1) is 34.6 Å².